The quantitative estimate of drug-likeness (QED) is 0.251. The minimum Gasteiger partial charge on any atom is -0.333 e. The van der Waals surface area contributed by atoms with E-state index in [9.17, 15) is 27.3 Å². The van der Waals surface area contributed by atoms with E-state index in [1.54, 1.807) is 11.5 Å². The summed E-state index contributed by atoms with van der Waals surface area (Å²) in [6, 6.07) is 9.70. The van der Waals surface area contributed by atoms with Gasteiger partial charge in [0.1, 0.15) is 23.3 Å². The van der Waals surface area contributed by atoms with Gasteiger partial charge < -0.3 is 20.2 Å². The Morgan fingerprint density at radius 2 is 1.69 bits per heavy atom. The van der Waals surface area contributed by atoms with E-state index in [1.807, 2.05) is 0 Å². The summed E-state index contributed by atoms with van der Waals surface area (Å²) < 4.78 is 53.7. The maximum atomic E-state index is 13.8. The Kier molecular flexibility index (Phi) is 5.68. The lowest BCUT2D eigenvalue weighted by Crippen LogP contribution is -2.08. The molecule has 4 N–H and O–H groups in total. The number of aromatic nitrogens is 4. The molecule has 0 radical (unpaired) electrons. The van der Waals surface area contributed by atoms with E-state index in [0.717, 1.165) is 12.1 Å². The van der Waals surface area contributed by atoms with Gasteiger partial charge in [-0.15, -0.1) is 0 Å². The summed E-state index contributed by atoms with van der Waals surface area (Å²) in [7, 11) is -2.56. The Morgan fingerprint density at radius 1 is 0.969 bits per heavy atom. The zero-order valence-electron chi connectivity index (χ0n) is 16.3. The molecule has 13 heteroatoms. The molecule has 0 amide bonds. The molecule has 4 rings (SSSR count). The number of benzene rings is 2. The highest BCUT2D eigenvalue weighted by Crippen LogP contribution is 2.31. The van der Waals surface area contributed by atoms with E-state index in [1.165, 1.54) is 36.4 Å². The van der Waals surface area contributed by atoms with Gasteiger partial charge in [0.25, 0.3) is 8.53 Å². The van der Waals surface area contributed by atoms with Crippen molar-refractivity contribution in [3.8, 4) is 5.82 Å². The molecule has 4 aromatic rings. The maximum Gasteiger partial charge on any atom is 0.416 e. The predicted octanol–water partition coefficient (Wildman–Crippen LogP) is 4.65. The van der Waals surface area contributed by atoms with Gasteiger partial charge in [0.2, 0.25) is 5.95 Å². The molecule has 0 fully saturated rings. The van der Waals surface area contributed by atoms with Crippen molar-refractivity contribution in [1.29, 1.82) is 0 Å². The van der Waals surface area contributed by atoms with Gasteiger partial charge in [-0.25, -0.2) is 9.37 Å². The first-order chi connectivity index (χ1) is 15.1. The summed E-state index contributed by atoms with van der Waals surface area (Å²) in [5.74, 6) is 0.200. The summed E-state index contributed by atoms with van der Waals surface area (Å²) in [6.07, 6.45) is -4.47. The Balaban J connectivity index is 1.77. The first-order valence-electron chi connectivity index (χ1n) is 9.03. The monoisotopic (exact) mass is 466 g/mol. The first kappa shape index (κ1) is 21.9. The van der Waals surface area contributed by atoms with Crippen LogP contribution in [0.5, 0.6) is 0 Å². The normalized spacial score (nSPS) is 11.9. The second kappa shape index (κ2) is 8.30. The molecule has 0 saturated carbocycles. The largest absolute Gasteiger partial charge is 0.416 e. The second-order valence-electron chi connectivity index (χ2n) is 6.66. The van der Waals surface area contributed by atoms with Crippen molar-refractivity contribution in [2.24, 2.45) is 0 Å². The number of aryl methyl sites for hydroxylation is 1. The van der Waals surface area contributed by atoms with Crippen LogP contribution < -0.4 is 10.4 Å². The van der Waals surface area contributed by atoms with Crippen molar-refractivity contribution in [2.75, 3.05) is 10.4 Å². The molecular weight excluding hydrogens is 451 g/mol. The van der Waals surface area contributed by atoms with Crippen molar-refractivity contribution >= 4 is 37.0 Å². The third kappa shape index (κ3) is 4.62. The van der Waals surface area contributed by atoms with Crippen LogP contribution in [0, 0.1) is 12.7 Å². The zero-order valence-corrected chi connectivity index (χ0v) is 17.2. The third-order valence-electron chi connectivity index (χ3n) is 4.41. The highest BCUT2D eigenvalue weighted by Gasteiger charge is 2.30. The van der Waals surface area contributed by atoms with Crippen molar-refractivity contribution in [2.45, 2.75) is 13.1 Å². The lowest BCUT2D eigenvalue weighted by molar-refractivity contribution is -0.137. The second-order valence-corrected chi connectivity index (χ2v) is 7.47. The van der Waals surface area contributed by atoms with Crippen molar-refractivity contribution in [1.82, 2.24) is 19.5 Å². The highest BCUT2D eigenvalue weighted by atomic mass is 31.2. The average molecular weight is 466 g/mol. The minimum atomic E-state index is -4.47. The van der Waals surface area contributed by atoms with Crippen molar-refractivity contribution in [3.05, 3.63) is 65.7 Å². The van der Waals surface area contributed by atoms with E-state index >= 15 is 0 Å². The Hall–Kier alpha value is -3.34. The van der Waals surface area contributed by atoms with Crippen LogP contribution in [-0.4, -0.2) is 29.3 Å². The number of nitrogens with one attached hydrogen (secondary N) is 2. The van der Waals surface area contributed by atoms with Crippen LogP contribution in [0.3, 0.4) is 0 Å². The number of hydrogen-bond acceptors (Lipinski definition) is 7. The van der Waals surface area contributed by atoms with Gasteiger partial charge >= 0.3 is 6.18 Å². The Morgan fingerprint density at radius 3 is 2.34 bits per heavy atom. The fourth-order valence-corrected chi connectivity index (χ4v) is 3.41. The SMILES string of the molecule is Cc1nc2ccc(F)cc2n1-c1cc(NP(O)O)nc(Nc2ccc(C(F)(F)F)cc2)n1. The first-order valence-corrected chi connectivity index (χ1v) is 10.3. The van der Waals surface area contributed by atoms with Gasteiger partial charge in [0.15, 0.2) is 0 Å². The van der Waals surface area contributed by atoms with Crippen molar-refractivity contribution < 1.29 is 27.3 Å². The summed E-state index contributed by atoms with van der Waals surface area (Å²) >= 11 is 0. The molecule has 0 unspecified atom stereocenters. The molecule has 0 bridgehead atoms. The van der Waals surface area contributed by atoms with Crippen LogP contribution in [0.2, 0.25) is 0 Å². The Bertz CT molecular complexity index is 1280. The number of nitrogens with zero attached hydrogens (tertiary/aromatic N) is 4. The molecule has 0 saturated heterocycles. The van der Waals surface area contributed by atoms with E-state index in [4.69, 9.17) is 0 Å². The molecule has 32 heavy (non-hydrogen) atoms. The standard InChI is InChI=1S/C19H15F4N6O2P/c1-10-24-14-7-4-12(20)8-15(14)29(10)17-9-16(28-32(30)31)26-18(27-17)25-13-5-2-11(3-6-13)19(21,22)23/h2-9,30-31H,1H3,(H2,25,26,27,28). The van der Waals surface area contributed by atoms with Gasteiger partial charge in [-0.3, -0.25) is 4.57 Å². The van der Waals surface area contributed by atoms with Crippen LogP contribution in [0.25, 0.3) is 16.9 Å². The lowest BCUT2D eigenvalue weighted by Gasteiger charge is -2.13. The number of anilines is 3. The Labute approximate surface area is 179 Å². The maximum absolute atomic E-state index is 13.8. The molecule has 2 aromatic carbocycles. The van der Waals surface area contributed by atoms with Gasteiger partial charge in [0.05, 0.1) is 16.6 Å². The van der Waals surface area contributed by atoms with Gasteiger partial charge in [-0.2, -0.15) is 23.1 Å². The molecule has 0 aliphatic carbocycles. The highest BCUT2D eigenvalue weighted by molar-refractivity contribution is 7.46. The van der Waals surface area contributed by atoms with Gasteiger partial charge in [-0.05, 0) is 43.3 Å². The number of alkyl halides is 3. The summed E-state index contributed by atoms with van der Waals surface area (Å²) in [5.41, 5.74) is 0.396. The van der Waals surface area contributed by atoms with Crippen LogP contribution in [0.1, 0.15) is 11.4 Å². The summed E-state index contributed by atoms with van der Waals surface area (Å²) in [4.78, 5) is 31.5. The lowest BCUT2D eigenvalue weighted by atomic mass is 10.2. The predicted molar refractivity (Wildman–Crippen MR) is 111 cm³/mol. The molecule has 166 valence electrons. The molecule has 0 aliphatic heterocycles. The number of rotatable bonds is 5. The summed E-state index contributed by atoms with van der Waals surface area (Å²) in [6.45, 7) is 1.68. The molecule has 0 spiro atoms. The van der Waals surface area contributed by atoms with Crippen LogP contribution in [0.15, 0.2) is 48.5 Å². The van der Waals surface area contributed by atoms with E-state index in [2.05, 4.69) is 25.4 Å². The van der Waals surface area contributed by atoms with Crippen molar-refractivity contribution in [3.63, 3.8) is 0 Å². The molecule has 0 aliphatic rings. The number of halogens is 4. The summed E-state index contributed by atoms with van der Waals surface area (Å²) in [5, 5.41) is 5.15. The van der Waals surface area contributed by atoms with Crippen LogP contribution >= 0.6 is 8.53 Å². The fourth-order valence-electron chi connectivity index (χ4n) is 3.09. The zero-order chi connectivity index (χ0) is 23.0. The minimum absolute atomic E-state index is 0.0261. The molecule has 2 aromatic heterocycles. The van der Waals surface area contributed by atoms with Crippen LogP contribution in [0.4, 0.5) is 35.0 Å². The molecular formula is C19H15F4N6O2P. The molecule has 0 atom stereocenters. The van der Waals surface area contributed by atoms with Crippen LogP contribution in [-0.2, 0) is 6.18 Å². The van der Waals surface area contributed by atoms with Gasteiger partial charge in [-0.1, -0.05) is 0 Å². The molecule has 8 nitrogen and oxygen atoms in total. The average Bonchev–Trinajstić information content (AvgIpc) is 3.02. The fraction of sp³-hybridized carbons (Fsp3) is 0.105. The molecule has 2 heterocycles. The number of hydrogen-bond donors (Lipinski definition) is 4. The third-order valence-corrected chi connectivity index (χ3v) is 4.84. The smallest absolute Gasteiger partial charge is 0.333 e. The van der Waals surface area contributed by atoms with E-state index < -0.39 is 26.1 Å². The van der Waals surface area contributed by atoms with E-state index in [0.29, 0.717) is 16.9 Å². The number of imidazole rings is 1. The topological polar surface area (TPSA) is 108 Å². The van der Waals surface area contributed by atoms with Gasteiger partial charge in [0, 0.05) is 17.8 Å². The number of fused-ring (bicyclic) bond motifs is 1. The van der Waals surface area contributed by atoms with E-state index in [-0.39, 0.29) is 23.3 Å².